The van der Waals surface area contributed by atoms with Gasteiger partial charge in [0.1, 0.15) is 5.76 Å². The molecule has 1 aliphatic rings. The minimum absolute atomic E-state index is 0.220. The predicted molar refractivity (Wildman–Crippen MR) is 90.6 cm³/mol. The number of hydrogen-bond acceptors (Lipinski definition) is 3. The Morgan fingerprint density at radius 2 is 2.17 bits per heavy atom. The smallest absolute Gasteiger partial charge is 0.319 e. The predicted octanol–water partition coefficient (Wildman–Crippen LogP) is 3.58. The lowest BCUT2D eigenvalue weighted by molar-refractivity contribution is 0.249. The van der Waals surface area contributed by atoms with Gasteiger partial charge in [0, 0.05) is 13.1 Å². The van der Waals surface area contributed by atoms with Gasteiger partial charge in [0.05, 0.1) is 23.5 Å². The number of rotatable bonds is 5. The highest BCUT2D eigenvalue weighted by molar-refractivity contribution is 6.33. The van der Waals surface area contributed by atoms with Crippen molar-refractivity contribution in [3.05, 3.63) is 53.4 Å². The van der Waals surface area contributed by atoms with Crippen molar-refractivity contribution in [3.63, 3.8) is 0 Å². The summed E-state index contributed by atoms with van der Waals surface area (Å²) in [7, 11) is 0. The van der Waals surface area contributed by atoms with Crippen molar-refractivity contribution >= 4 is 23.3 Å². The van der Waals surface area contributed by atoms with E-state index in [0.717, 1.165) is 31.8 Å². The molecule has 0 bridgehead atoms. The van der Waals surface area contributed by atoms with E-state index in [1.807, 2.05) is 24.3 Å². The van der Waals surface area contributed by atoms with Crippen molar-refractivity contribution < 1.29 is 9.21 Å². The first kappa shape index (κ1) is 15.9. The maximum Gasteiger partial charge on any atom is 0.319 e. The summed E-state index contributed by atoms with van der Waals surface area (Å²) in [5.41, 5.74) is 0.623. The summed E-state index contributed by atoms with van der Waals surface area (Å²) in [5, 5.41) is 6.23. The molecule has 1 atom stereocenters. The molecule has 3 rings (SSSR count). The maximum absolute atomic E-state index is 11.9. The van der Waals surface area contributed by atoms with Gasteiger partial charge >= 0.3 is 6.03 Å². The maximum atomic E-state index is 11.9. The Kier molecular flexibility index (Phi) is 5.20. The van der Waals surface area contributed by atoms with E-state index in [9.17, 15) is 4.79 Å². The van der Waals surface area contributed by atoms with Crippen molar-refractivity contribution in [1.82, 2.24) is 10.2 Å². The second-order valence-electron chi connectivity index (χ2n) is 5.78. The number of carbonyl (C=O) groups is 1. The molecule has 1 aromatic carbocycles. The van der Waals surface area contributed by atoms with Gasteiger partial charge in [0.25, 0.3) is 0 Å². The molecule has 2 aromatic rings. The molecule has 2 amide bonds. The number of anilines is 1. The Morgan fingerprint density at radius 3 is 2.96 bits per heavy atom. The molecule has 0 saturated carbocycles. The molecule has 2 N–H and O–H groups in total. The number of urea groups is 1. The summed E-state index contributed by atoms with van der Waals surface area (Å²) < 4.78 is 5.37. The normalized spacial score (nSPS) is 18.0. The number of likely N-dealkylation sites (tertiary alicyclic amines) is 1. The lowest BCUT2D eigenvalue weighted by atomic mass is 10.1. The molecular weight excluding hydrogens is 314 g/mol. The molecule has 0 radical (unpaired) electrons. The summed E-state index contributed by atoms with van der Waals surface area (Å²) in [6.45, 7) is 3.48. The summed E-state index contributed by atoms with van der Waals surface area (Å²) in [5.74, 6) is 1.44. The van der Waals surface area contributed by atoms with Crippen molar-refractivity contribution in [1.29, 1.82) is 0 Å². The van der Waals surface area contributed by atoms with E-state index in [4.69, 9.17) is 16.0 Å². The van der Waals surface area contributed by atoms with Crippen LogP contribution in [0.1, 0.15) is 12.2 Å². The SMILES string of the molecule is O=C(NC[C@@H]1CCN(Cc2ccco2)C1)Nc1ccccc1Cl. The van der Waals surface area contributed by atoms with Gasteiger partial charge in [-0.1, -0.05) is 23.7 Å². The summed E-state index contributed by atoms with van der Waals surface area (Å²) in [4.78, 5) is 14.3. The Morgan fingerprint density at radius 1 is 1.30 bits per heavy atom. The minimum atomic E-state index is -0.220. The average Bonchev–Trinajstić information content (AvgIpc) is 3.20. The van der Waals surface area contributed by atoms with Crippen molar-refractivity contribution in [3.8, 4) is 0 Å². The van der Waals surface area contributed by atoms with Crippen LogP contribution in [0, 0.1) is 5.92 Å². The van der Waals surface area contributed by atoms with E-state index in [0.29, 0.717) is 23.2 Å². The van der Waals surface area contributed by atoms with Crippen LogP contribution in [0.4, 0.5) is 10.5 Å². The molecule has 5 nitrogen and oxygen atoms in total. The quantitative estimate of drug-likeness (QED) is 0.879. The number of nitrogens with one attached hydrogen (secondary N) is 2. The van der Waals surface area contributed by atoms with Crippen molar-refractivity contribution in [2.45, 2.75) is 13.0 Å². The molecule has 0 aliphatic carbocycles. The van der Waals surface area contributed by atoms with Crippen LogP contribution in [0.2, 0.25) is 5.02 Å². The fourth-order valence-corrected chi connectivity index (χ4v) is 3.00. The van der Waals surface area contributed by atoms with E-state index >= 15 is 0 Å². The van der Waals surface area contributed by atoms with Crippen LogP contribution in [0.25, 0.3) is 0 Å². The number of carbonyl (C=O) groups excluding carboxylic acids is 1. The summed E-state index contributed by atoms with van der Waals surface area (Å²) >= 11 is 6.02. The van der Waals surface area contributed by atoms with E-state index in [2.05, 4.69) is 15.5 Å². The van der Waals surface area contributed by atoms with Crippen LogP contribution in [-0.4, -0.2) is 30.6 Å². The lowest BCUT2D eigenvalue weighted by Gasteiger charge is -2.15. The first-order chi connectivity index (χ1) is 11.2. The molecular formula is C17H20ClN3O2. The Balaban J connectivity index is 1.41. The van der Waals surface area contributed by atoms with Gasteiger partial charge in [0.15, 0.2) is 0 Å². The minimum Gasteiger partial charge on any atom is -0.468 e. The zero-order chi connectivity index (χ0) is 16.1. The van der Waals surface area contributed by atoms with Crippen LogP contribution < -0.4 is 10.6 Å². The third-order valence-electron chi connectivity index (χ3n) is 4.00. The number of para-hydroxylation sites is 1. The summed E-state index contributed by atoms with van der Waals surface area (Å²) in [6, 6.07) is 10.9. The van der Waals surface area contributed by atoms with Crippen molar-refractivity contribution in [2.24, 2.45) is 5.92 Å². The molecule has 1 aromatic heterocycles. The van der Waals surface area contributed by atoms with Gasteiger partial charge < -0.3 is 15.1 Å². The molecule has 0 unspecified atom stereocenters. The zero-order valence-electron chi connectivity index (χ0n) is 12.8. The zero-order valence-corrected chi connectivity index (χ0v) is 13.6. The number of halogens is 1. The average molecular weight is 334 g/mol. The molecule has 1 fully saturated rings. The highest BCUT2D eigenvalue weighted by Gasteiger charge is 2.23. The molecule has 6 heteroatoms. The van der Waals surface area contributed by atoms with Crippen LogP contribution in [0.15, 0.2) is 47.1 Å². The van der Waals surface area contributed by atoms with Crippen LogP contribution in [-0.2, 0) is 6.54 Å². The van der Waals surface area contributed by atoms with Crippen LogP contribution in [0.3, 0.4) is 0 Å². The van der Waals surface area contributed by atoms with Gasteiger partial charge in [-0.05, 0) is 43.1 Å². The Hall–Kier alpha value is -1.98. The van der Waals surface area contributed by atoms with Gasteiger partial charge in [-0.15, -0.1) is 0 Å². The molecule has 1 saturated heterocycles. The molecule has 0 spiro atoms. The monoisotopic (exact) mass is 333 g/mol. The first-order valence-corrected chi connectivity index (χ1v) is 8.12. The number of nitrogens with zero attached hydrogens (tertiary/aromatic N) is 1. The molecule has 23 heavy (non-hydrogen) atoms. The fraction of sp³-hybridized carbons (Fsp3) is 0.353. The third-order valence-corrected chi connectivity index (χ3v) is 4.33. The topological polar surface area (TPSA) is 57.5 Å². The number of benzene rings is 1. The van der Waals surface area contributed by atoms with Gasteiger partial charge in [-0.25, -0.2) is 4.79 Å². The molecule has 1 aliphatic heterocycles. The fourth-order valence-electron chi connectivity index (χ4n) is 2.81. The summed E-state index contributed by atoms with van der Waals surface area (Å²) in [6.07, 6.45) is 2.77. The van der Waals surface area contributed by atoms with E-state index < -0.39 is 0 Å². The number of hydrogen-bond donors (Lipinski definition) is 2. The Bertz CT molecular complexity index is 645. The van der Waals surface area contributed by atoms with Gasteiger partial charge in [-0.2, -0.15) is 0 Å². The standard InChI is InChI=1S/C17H20ClN3O2/c18-15-5-1-2-6-16(15)20-17(22)19-10-13-7-8-21(11-13)12-14-4-3-9-23-14/h1-6,9,13H,7-8,10-12H2,(H2,19,20,22)/t13-/m0/s1. The number of amides is 2. The largest absolute Gasteiger partial charge is 0.468 e. The molecule has 122 valence electrons. The Labute approximate surface area is 140 Å². The second-order valence-corrected chi connectivity index (χ2v) is 6.19. The van der Waals surface area contributed by atoms with Crippen LogP contribution in [0.5, 0.6) is 0 Å². The third kappa shape index (κ3) is 4.50. The van der Waals surface area contributed by atoms with E-state index in [-0.39, 0.29) is 6.03 Å². The highest BCUT2D eigenvalue weighted by atomic mass is 35.5. The molecule has 2 heterocycles. The van der Waals surface area contributed by atoms with Crippen LogP contribution >= 0.6 is 11.6 Å². The number of furan rings is 1. The van der Waals surface area contributed by atoms with Gasteiger partial charge in [0.2, 0.25) is 0 Å². The first-order valence-electron chi connectivity index (χ1n) is 7.75. The van der Waals surface area contributed by atoms with Gasteiger partial charge in [-0.3, -0.25) is 4.90 Å². The van der Waals surface area contributed by atoms with E-state index in [1.54, 1.807) is 18.4 Å². The highest BCUT2D eigenvalue weighted by Crippen LogP contribution is 2.21. The lowest BCUT2D eigenvalue weighted by Crippen LogP contribution is -2.34. The second kappa shape index (κ2) is 7.53. The van der Waals surface area contributed by atoms with Crippen molar-refractivity contribution in [2.75, 3.05) is 25.0 Å². The van der Waals surface area contributed by atoms with E-state index in [1.165, 1.54) is 0 Å².